The van der Waals surface area contributed by atoms with E-state index in [2.05, 4.69) is 19.3 Å². The lowest BCUT2D eigenvalue weighted by atomic mass is 10.5. The lowest BCUT2D eigenvalue weighted by Crippen LogP contribution is -2.26. The van der Waals surface area contributed by atoms with Gasteiger partial charge < -0.3 is 19.3 Å². The van der Waals surface area contributed by atoms with Crippen molar-refractivity contribution < 1.29 is 19.1 Å². The molecule has 0 rings (SSSR count). The molecule has 8 heteroatoms. The monoisotopic (exact) mass is 324 g/mol. The number of likely N-dealkylation sites (N-methyl/N-ethyl adjacent to an activating group) is 2. The van der Waals surface area contributed by atoms with Gasteiger partial charge in [-0.25, -0.2) is 0 Å². The standard InChI is InChI=1S/C12H24N2O4S2/c1-13(3-7-17-11-15)5-9-19-20-10-6-14(2)4-8-18-12-16/h11-12H,3-10H2,1-2H3. The van der Waals surface area contributed by atoms with E-state index in [0.717, 1.165) is 37.7 Å². The Morgan fingerprint density at radius 1 is 0.800 bits per heavy atom. The van der Waals surface area contributed by atoms with Crippen molar-refractivity contribution in [1.29, 1.82) is 0 Å². The Bertz CT molecular complexity index is 223. The molecule has 0 bridgehead atoms. The van der Waals surface area contributed by atoms with Crippen LogP contribution in [-0.2, 0) is 19.1 Å². The quantitative estimate of drug-likeness (QED) is 0.246. The fraction of sp³-hybridized carbons (Fsp3) is 0.833. The van der Waals surface area contributed by atoms with E-state index in [0.29, 0.717) is 26.2 Å². The Hall–Kier alpha value is -0.440. The van der Waals surface area contributed by atoms with Crippen LogP contribution >= 0.6 is 21.6 Å². The van der Waals surface area contributed by atoms with Crippen LogP contribution < -0.4 is 0 Å². The lowest BCUT2D eigenvalue weighted by molar-refractivity contribution is -0.129. The largest absolute Gasteiger partial charge is 0.467 e. The van der Waals surface area contributed by atoms with E-state index in [1.807, 2.05) is 35.7 Å². The van der Waals surface area contributed by atoms with Gasteiger partial charge in [0.15, 0.2) is 0 Å². The summed E-state index contributed by atoms with van der Waals surface area (Å²) >= 11 is 0. The molecule has 0 saturated carbocycles. The Labute approximate surface area is 128 Å². The minimum Gasteiger partial charge on any atom is -0.467 e. The zero-order valence-corrected chi connectivity index (χ0v) is 13.8. The number of rotatable bonds is 15. The van der Waals surface area contributed by atoms with E-state index in [9.17, 15) is 9.59 Å². The van der Waals surface area contributed by atoms with Gasteiger partial charge in [0.05, 0.1) is 0 Å². The first-order chi connectivity index (χ1) is 9.70. The average molecular weight is 324 g/mol. The van der Waals surface area contributed by atoms with Crippen molar-refractivity contribution in [3.8, 4) is 0 Å². The summed E-state index contributed by atoms with van der Waals surface area (Å²) in [7, 11) is 7.71. The van der Waals surface area contributed by atoms with Crippen LogP contribution in [0, 0.1) is 0 Å². The minimum absolute atomic E-state index is 0.450. The van der Waals surface area contributed by atoms with Crippen LogP contribution in [0.15, 0.2) is 0 Å². The van der Waals surface area contributed by atoms with Crippen LogP contribution in [0.25, 0.3) is 0 Å². The third-order valence-corrected chi connectivity index (χ3v) is 4.88. The molecule has 0 fully saturated rings. The maximum Gasteiger partial charge on any atom is 0.293 e. The second-order valence-corrected chi connectivity index (χ2v) is 6.89. The first-order valence-electron chi connectivity index (χ1n) is 6.42. The molecule has 0 unspecified atom stereocenters. The van der Waals surface area contributed by atoms with Gasteiger partial charge in [-0.3, -0.25) is 9.59 Å². The number of carbonyl (C=O) groups excluding carboxylic acids is 2. The van der Waals surface area contributed by atoms with Crippen LogP contribution in [0.5, 0.6) is 0 Å². The van der Waals surface area contributed by atoms with Gasteiger partial charge in [0.2, 0.25) is 0 Å². The highest BCUT2D eigenvalue weighted by Crippen LogP contribution is 2.20. The molecule has 6 nitrogen and oxygen atoms in total. The predicted molar refractivity (Wildman–Crippen MR) is 83.9 cm³/mol. The zero-order chi connectivity index (χ0) is 15.1. The topological polar surface area (TPSA) is 59.1 Å². The average Bonchev–Trinajstić information content (AvgIpc) is 2.43. The smallest absolute Gasteiger partial charge is 0.293 e. The van der Waals surface area contributed by atoms with E-state index in [1.54, 1.807) is 0 Å². The van der Waals surface area contributed by atoms with Crippen molar-refractivity contribution in [2.45, 2.75) is 0 Å². The summed E-state index contributed by atoms with van der Waals surface area (Å²) in [5.41, 5.74) is 0. The van der Waals surface area contributed by atoms with Crippen molar-refractivity contribution in [3.05, 3.63) is 0 Å². The molecular formula is C12H24N2O4S2. The van der Waals surface area contributed by atoms with E-state index in [-0.39, 0.29) is 0 Å². The summed E-state index contributed by atoms with van der Waals surface area (Å²) in [5, 5.41) is 0. The molecule has 0 amide bonds. The van der Waals surface area contributed by atoms with Crippen LogP contribution in [-0.4, -0.2) is 87.7 Å². The number of hydrogen-bond acceptors (Lipinski definition) is 8. The van der Waals surface area contributed by atoms with Gasteiger partial charge in [0.25, 0.3) is 12.9 Å². The minimum atomic E-state index is 0.450. The summed E-state index contributed by atoms with van der Waals surface area (Å²) in [5.74, 6) is 2.08. The van der Waals surface area contributed by atoms with Gasteiger partial charge in [0.1, 0.15) is 13.2 Å². The molecule has 118 valence electrons. The third kappa shape index (κ3) is 14.0. The molecule has 0 saturated heterocycles. The van der Waals surface area contributed by atoms with Gasteiger partial charge in [-0.15, -0.1) is 0 Å². The normalized spacial score (nSPS) is 10.8. The fourth-order valence-electron chi connectivity index (χ4n) is 1.24. The number of carbonyl (C=O) groups is 2. The zero-order valence-electron chi connectivity index (χ0n) is 12.2. The van der Waals surface area contributed by atoms with E-state index in [1.165, 1.54) is 0 Å². The summed E-state index contributed by atoms with van der Waals surface area (Å²) in [4.78, 5) is 24.2. The van der Waals surface area contributed by atoms with Crippen molar-refractivity contribution in [2.75, 3.05) is 65.0 Å². The van der Waals surface area contributed by atoms with Crippen LogP contribution in [0.3, 0.4) is 0 Å². The number of hydrogen-bond donors (Lipinski definition) is 0. The third-order valence-electron chi connectivity index (χ3n) is 2.51. The number of nitrogens with zero attached hydrogens (tertiary/aromatic N) is 2. The van der Waals surface area contributed by atoms with Crippen LogP contribution in [0.2, 0.25) is 0 Å². The Balaban J connectivity index is 3.26. The first kappa shape index (κ1) is 19.6. The van der Waals surface area contributed by atoms with E-state index in [4.69, 9.17) is 0 Å². The molecule has 0 aromatic carbocycles. The van der Waals surface area contributed by atoms with Gasteiger partial charge in [-0.2, -0.15) is 0 Å². The highest BCUT2D eigenvalue weighted by Gasteiger charge is 2.01. The SMILES string of the molecule is CN(CCOC=O)CCSSCCN(C)CCOC=O. The van der Waals surface area contributed by atoms with Crippen LogP contribution in [0.1, 0.15) is 0 Å². The maximum absolute atomic E-state index is 9.98. The van der Waals surface area contributed by atoms with Gasteiger partial charge in [-0.05, 0) is 14.1 Å². The van der Waals surface area contributed by atoms with Crippen molar-refractivity contribution in [3.63, 3.8) is 0 Å². The summed E-state index contributed by atoms with van der Waals surface area (Å²) in [6, 6.07) is 0. The summed E-state index contributed by atoms with van der Waals surface area (Å²) in [6.07, 6.45) is 0. The second-order valence-electron chi connectivity index (χ2n) is 4.18. The van der Waals surface area contributed by atoms with Gasteiger partial charge in [-0.1, -0.05) is 21.6 Å². The van der Waals surface area contributed by atoms with E-state index < -0.39 is 0 Å². The molecule has 0 aliphatic heterocycles. The Morgan fingerprint density at radius 2 is 1.20 bits per heavy atom. The molecule has 0 aliphatic carbocycles. The summed E-state index contributed by atoms with van der Waals surface area (Å²) < 4.78 is 9.29. The molecule has 0 aliphatic rings. The van der Waals surface area contributed by atoms with Gasteiger partial charge >= 0.3 is 0 Å². The molecule has 0 N–H and O–H groups in total. The molecule has 0 heterocycles. The highest BCUT2D eigenvalue weighted by atomic mass is 33.1. The molecule has 0 aromatic rings. The fourth-order valence-corrected chi connectivity index (χ4v) is 3.40. The molecule has 0 atom stereocenters. The van der Waals surface area contributed by atoms with Crippen molar-refractivity contribution in [1.82, 2.24) is 9.80 Å². The molecule has 20 heavy (non-hydrogen) atoms. The molecular weight excluding hydrogens is 300 g/mol. The highest BCUT2D eigenvalue weighted by molar-refractivity contribution is 8.76. The van der Waals surface area contributed by atoms with E-state index >= 15 is 0 Å². The van der Waals surface area contributed by atoms with Gasteiger partial charge in [0, 0.05) is 37.7 Å². The molecule has 0 spiro atoms. The second kappa shape index (κ2) is 15.0. The lowest BCUT2D eigenvalue weighted by Gasteiger charge is -2.16. The van der Waals surface area contributed by atoms with Crippen molar-refractivity contribution in [2.24, 2.45) is 0 Å². The Morgan fingerprint density at radius 3 is 1.55 bits per heavy atom. The predicted octanol–water partition coefficient (Wildman–Crippen LogP) is 0.577. The maximum atomic E-state index is 9.98. The summed E-state index contributed by atoms with van der Waals surface area (Å²) in [6.45, 7) is 5.35. The van der Waals surface area contributed by atoms with Crippen molar-refractivity contribution >= 4 is 34.5 Å². The molecule has 0 aromatic heterocycles. The Kier molecular flexibility index (Phi) is 14.6. The molecule has 0 radical (unpaired) electrons. The van der Waals surface area contributed by atoms with Crippen LogP contribution in [0.4, 0.5) is 0 Å². The number of ether oxygens (including phenoxy) is 2. The first-order valence-corrected chi connectivity index (χ1v) is 8.91.